The third-order valence-corrected chi connectivity index (χ3v) is 5.30. The molecule has 2 N–H and O–H groups in total. The van der Waals surface area contributed by atoms with Crippen molar-refractivity contribution in [1.29, 1.82) is 0 Å². The van der Waals surface area contributed by atoms with Crippen LogP contribution in [0, 0.1) is 6.92 Å². The van der Waals surface area contributed by atoms with E-state index in [1.807, 2.05) is 13.8 Å². The van der Waals surface area contributed by atoms with Crippen molar-refractivity contribution in [2.24, 2.45) is 0 Å². The van der Waals surface area contributed by atoms with Crippen LogP contribution in [0.25, 0.3) is 0 Å². The average Bonchev–Trinajstić information content (AvgIpc) is 3.05. The SMILES string of the molecule is CCNCc1ccc(S(=O)(=O)NC(C)c2ncc(C)s2)o1. The summed E-state index contributed by atoms with van der Waals surface area (Å²) >= 11 is 1.47. The second-order valence-electron chi connectivity index (χ2n) is 4.65. The minimum absolute atomic E-state index is 0.0736. The molecular formula is C13H19N3O3S2. The Morgan fingerprint density at radius 3 is 2.81 bits per heavy atom. The summed E-state index contributed by atoms with van der Waals surface area (Å²) in [6, 6.07) is 2.74. The molecule has 0 radical (unpaired) electrons. The van der Waals surface area contributed by atoms with Crippen molar-refractivity contribution in [2.45, 2.75) is 38.5 Å². The van der Waals surface area contributed by atoms with Gasteiger partial charge in [-0.3, -0.25) is 0 Å². The van der Waals surface area contributed by atoms with Gasteiger partial charge < -0.3 is 9.73 Å². The van der Waals surface area contributed by atoms with E-state index in [1.54, 1.807) is 19.2 Å². The van der Waals surface area contributed by atoms with E-state index in [9.17, 15) is 8.42 Å². The predicted octanol–water partition coefficient (Wildman–Crippen LogP) is 2.19. The Bertz CT molecular complexity index is 691. The highest BCUT2D eigenvalue weighted by atomic mass is 32.2. The number of nitrogens with zero attached hydrogens (tertiary/aromatic N) is 1. The molecule has 0 saturated carbocycles. The quantitative estimate of drug-likeness (QED) is 0.813. The number of aromatic nitrogens is 1. The molecule has 0 bridgehead atoms. The molecule has 0 aliphatic carbocycles. The molecule has 0 amide bonds. The first-order valence-corrected chi connectivity index (χ1v) is 8.96. The third kappa shape index (κ3) is 4.13. The highest BCUT2D eigenvalue weighted by molar-refractivity contribution is 7.89. The number of furan rings is 1. The number of nitrogens with one attached hydrogen (secondary N) is 2. The summed E-state index contributed by atoms with van der Waals surface area (Å²) in [7, 11) is -3.68. The van der Waals surface area contributed by atoms with Crippen LogP contribution in [0.3, 0.4) is 0 Å². The Morgan fingerprint density at radius 1 is 1.43 bits per heavy atom. The van der Waals surface area contributed by atoms with E-state index < -0.39 is 16.1 Å². The van der Waals surface area contributed by atoms with Gasteiger partial charge in [0.1, 0.15) is 10.8 Å². The van der Waals surface area contributed by atoms with E-state index in [4.69, 9.17) is 4.42 Å². The van der Waals surface area contributed by atoms with E-state index in [1.165, 1.54) is 17.4 Å². The summed E-state index contributed by atoms with van der Waals surface area (Å²) in [6.45, 7) is 6.97. The fourth-order valence-electron chi connectivity index (χ4n) is 1.76. The minimum Gasteiger partial charge on any atom is -0.447 e. The molecule has 0 saturated heterocycles. The monoisotopic (exact) mass is 329 g/mol. The lowest BCUT2D eigenvalue weighted by Gasteiger charge is -2.10. The third-order valence-electron chi connectivity index (χ3n) is 2.79. The molecule has 2 aromatic rings. The van der Waals surface area contributed by atoms with Crippen molar-refractivity contribution in [2.75, 3.05) is 6.54 Å². The van der Waals surface area contributed by atoms with Gasteiger partial charge in [0.2, 0.25) is 5.09 Å². The molecule has 1 atom stereocenters. The van der Waals surface area contributed by atoms with Crippen LogP contribution in [-0.2, 0) is 16.6 Å². The van der Waals surface area contributed by atoms with Crippen molar-refractivity contribution in [3.05, 3.63) is 34.0 Å². The van der Waals surface area contributed by atoms with Gasteiger partial charge >= 0.3 is 0 Å². The maximum absolute atomic E-state index is 12.3. The zero-order chi connectivity index (χ0) is 15.5. The Hall–Kier alpha value is -1.22. The number of aryl methyl sites for hydroxylation is 1. The van der Waals surface area contributed by atoms with Crippen molar-refractivity contribution < 1.29 is 12.8 Å². The maximum Gasteiger partial charge on any atom is 0.274 e. The van der Waals surface area contributed by atoms with Crippen LogP contribution in [0.15, 0.2) is 27.8 Å². The van der Waals surface area contributed by atoms with E-state index in [0.29, 0.717) is 12.3 Å². The van der Waals surface area contributed by atoms with Gasteiger partial charge in [0, 0.05) is 11.1 Å². The van der Waals surface area contributed by atoms with E-state index >= 15 is 0 Å². The van der Waals surface area contributed by atoms with Gasteiger partial charge in [0.05, 0.1) is 12.6 Å². The highest BCUT2D eigenvalue weighted by Crippen LogP contribution is 2.22. The van der Waals surface area contributed by atoms with Gasteiger partial charge in [-0.05, 0) is 32.5 Å². The molecule has 8 heteroatoms. The molecule has 0 spiro atoms. The fraction of sp³-hybridized carbons (Fsp3) is 0.462. The topological polar surface area (TPSA) is 84.2 Å². The number of hydrogen-bond acceptors (Lipinski definition) is 6. The van der Waals surface area contributed by atoms with Gasteiger partial charge in [-0.15, -0.1) is 11.3 Å². The van der Waals surface area contributed by atoms with Crippen LogP contribution in [0.5, 0.6) is 0 Å². The van der Waals surface area contributed by atoms with Crippen molar-refractivity contribution in [1.82, 2.24) is 15.0 Å². The molecule has 21 heavy (non-hydrogen) atoms. The Labute approximate surface area is 128 Å². The Morgan fingerprint density at radius 2 is 2.19 bits per heavy atom. The normalized spacial score (nSPS) is 13.5. The molecule has 2 rings (SSSR count). The van der Waals surface area contributed by atoms with E-state index in [2.05, 4.69) is 15.0 Å². The number of rotatable bonds is 7. The molecule has 2 aromatic heterocycles. The molecule has 0 aliphatic heterocycles. The number of sulfonamides is 1. The van der Waals surface area contributed by atoms with Crippen LogP contribution in [0.2, 0.25) is 0 Å². The van der Waals surface area contributed by atoms with Gasteiger partial charge in [-0.1, -0.05) is 6.92 Å². The first kappa shape index (κ1) is 16.2. The zero-order valence-corrected chi connectivity index (χ0v) is 13.8. The van der Waals surface area contributed by atoms with Gasteiger partial charge in [0.15, 0.2) is 0 Å². The molecule has 0 aromatic carbocycles. The summed E-state index contributed by atoms with van der Waals surface area (Å²) < 4.78 is 32.5. The summed E-state index contributed by atoms with van der Waals surface area (Å²) in [5.74, 6) is 0.593. The molecule has 6 nitrogen and oxygen atoms in total. The lowest BCUT2D eigenvalue weighted by molar-refractivity contribution is 0.400. The molecular weight excluding hydrogens is 310 g/mol. The lowest BCUT2D eigenvalue weighted by atomic mass is 10.4. The second-order valence-corrected chi connectivity index (χ2v) is 7.56. The van der Waals surface area contributed by atoms with Crippen LogP contribution in [0.4, 0.5) is 0 Å². The van der Waals surface area contributed by atoms with Crippen molar-refractivity contribution in [3.8, 4) is 0 Å². The lowest BCUT2D eigenvalue weighted by Crippen LogP contribution is -2.26. The number of thiazole rings is 1. The first-order valence-electron chi connectivity index (χ1n) is 6.66. The Kier molecular flexibility index (Phi) is 5.15. The minimum atomic E-state index is -3.68. The van der Waals surface area contributed by atoms with Gasteiger partial charge in [0.25, 0.3) is 10.0 Å². The van der Waals surface area contributed by atoms with Crippen LogP contribution >= 0.6 is 11.3 Å². The smallest absolute Gasteiger partial charge is 0.274 e. The molecule has 116 valence electrons. The van der Waals surface area contributed by atoms with Crippen LogP contribution < -0.4 is 10.0 Å². The van der Waals surface area contributed by atoms with Gasteiger partial charge in [-0.25, -0.2) is 13.4 Å². The fourth-order valence-corrected chi connectivity index (χ4v) is 3.77. The highest BCUT2D eigenvalue weighted by Gasteiger charge is 2.23. The first-order chi connectivity index (χ1) is 9.92. The van der Waals surface area contributed by atoms with E-state index in [-0.39, 0.29) is 5.09 Å². The van der Waals surface area contributed by atoms with Gasteiger partial charge in [-0.2, -0.15) is 4.72 Å². The maximum atomic E-state index is 12.3. The molecule has 1 unspecified atom stereocenters. The van der Waals surface area contributed by atoms with Crippen molar-refractivity contribution in [3.63, 3.8) is 0 Å². The van der Waals surface area contributed by atoms with Crippen molar-refractivity contribution >= 4 is 21.4 Å². The standard InChI is InChI=1S/C13H19N3O3S2/c1-4-14-8-11-5-6-12(19-11)21(17,18)16-10(3)13-15-7-9(2)20-13/h5-7,10,14,16H,4,8H2,1-3H3. The Balaban J connectivity index is 2.09. The summed E-state index contributed by atoms with van der Waals surface area (Å²) in [5, 5.41) is 3.74. The molecule has 0 fully saturated rings. The molecule has 2 heterocycles. The zero-order valence-electron chi connectivity index (χ0n) is 12.2. The van der Waals surface area contributed by atoms with E-state index in [0.717, 1.165) is 16.4 Å². The second kappa shape index (κ2) is 6.69. The predicted molar refractivity (Wildman–Crippen MR) is 81.7 cm³/mol. The van der Waals surface area contributed by atoms with Crippen LogP contribution in [0.1, 0.15) is 35.5 Å². The molecule has 0 aliphatic rings. The number of hydrogen-bond donors (Lipinski definition) is 2. The summed E-state index contributed by atoms with van der Waals surface area (Å²) in [4.78, 5) is 5.23. The average molecular weight is 329 g/mol. The summed E-state index contributed by atoms with van der Waals surface area (Å²) in [6.07, 6.45) is 1.73. The largest absolute Gasteiger partial charge is 0.447 e. The van der Waals surface area contributed by atoms with Crippen LogP contribution in [-0.4, -0.2) is 19.9 Å². The summed E-state index contributed by atoms with van der Waals surface area (Å²) in [5.41, 5.74) is 0.